The largest absolute Gasteiger partial charge is 0.333 e. The van der Waals surface area contributed by atoms with Gasteiger partial charge in [0.25, 0.3) is 11.8 Å². The van der Waals surface area contributed by atoms with Crippen molar-refractivity contribution < 1.29 is 14.4 Å². The zero-order valence-electron chi connectivity index (χ0n) is 17.2. The Bertz CT molecular complexity index is 1090. The van der Waals surface area contributed by atoms with E-state index in [-0.39, 0.29) is 5.57 Å². The summed E-state index contributed by atoms with van der Waals surface area (Å²) in [5.74, 6) is -1.21. The van der Waals surface area contributed by atoms with Gasteiger partial charge in [0.1, 0.15) is 5.57 Å². The number of nitrogens with zero attached hydrogens (tertiary/aromatic N) is 3. The number of carbonyl (C=O) groups is 3. The Balaban J connectivity index is 1.70. The summed E-state index contributed by atoms with van der Waals surface area (Å²) < 4.78 is 0. The topological polar surface area (TPSA) is 60.9 Å². The molecule has 0 aromatic heterocycles. The molecule has 0 atom stereocenters. The molecule has 1 heterocycles. The van der Waals surface area contributed by atoms with Gasteiger partial charge in [0.2, 0.25) is 0 Å². The fourth-order valence-corrected chi connectivity index (χ4v) is 3.46. The second kappa shape index (κ2) is 8.28. The van der Waals surface area contributed by atoms with Gasteiger partial charge in [-0.2, -0.15) is 0 Å². The molecule has 0 saturated carbocycles. The van der Waals surface area contributed by atoms with E-state index in [0.29, 0.717) is 5.56 Å². The van der Waals surface area contributed by atoms with E-state index in [1.807, 2.05) is 84.9 Å². The quantitative estimate of drug-likeness (QED) is 0.465. The number of hydrogen-bond donors (Lipinski definition) is 0. The molecule has 0 aliphatic carbocycles. The highest BCUT2D eigenvalue weighted by Gasteiger charge is 2.37. The minimum atomic E-state index is -0.635. The predicted octanol–water partition coefficient (Wildman–Crippen LogP) is 4.59. The number of para-hydroxylation sites is 2. The van der Waals surface area contributed by atoms with Gasteiger partial charge in [-0.05, 0) is 48.0 Å². The normalized spacial score (nSPS) is 14.1. The van der Waals surface area contributed by atoms with E-state index in [9.17, 15) is 14.4 Å². The number of barbiturate groups is 1. The Kier molecular flexibility index (Phi) is 5.37. The van der Waals surface area contributed by atoms with Crippen LogP contribution in [-0.2, 0) is 9.59 Å². The van der Waals surface area contributed by atoms with Crippen LogP contribution in [0.4, 0.5) is 21.9 Å². The Hall–Kier alpha value is -4.19. The molecule has 1 saturated heterocycles. The van der Waals surface area contributed by atoms with Crippen LogP contribution in [0.25, 0.3) is 6.08 Å². The molecule has 6 nitrogen and oxygen atoms in total. The molecular formula is C25H21N3O3. The number of benzene rings is 3. The molecule has 3 aromatic carbocycles. The van der Waals surface area contributed by atoms with Crippen LogP contribution in [0.3, 0.4) is 0 Å². The van der Waals surface area contributed by atoms with Crippen molar-refractivity contribution in [3.8, 4) is 0 Å². The average molecular weight is 411 g/mol. The van der Waals surface area contributed by atoms with Gasteiger partial charge in [-0.25, -0.2) is 4.79 Å². The number of carbonyl (C=O) groups excluding carboxylic acids is 3. The smallest absolute Gasteiger partial charge is 0.311 e. The molecule has 1 fully saturated rings. The van der Waals surface area contributed by atoms with Gasteiger partial charge in [-0.3, -0.25) is 19.4 Å². The lowest BCUT2D eigenvalue weighted by atomic mass is 10.1. The number of anilines is 3. The number of rotatable bonds is 4. The highest BCUT2D eigenvalue weighted by Crippen LogP contribution is 2.34. The predicted molar refractivity (Wildman–Crippen MR) is 120 cm³/mol. The standard InChI is InChI=1S/C25H21N3O3/c1-26-23(29)22(24(30)27(2)25(26)31)17-18-13-15-21(16-14-18)28(19-9-5-3-6-10-19)20-11-7-4-8-12-20/h3-17H,1-2H3. The maximum absolute atomic E-state index is 12.4. The van der Waals surface area contributed by atoms with Crippen LogP contribution in [-0.4, -0.2) is 41.7 Å². The van der Waals surface area contributed by atoms with Crippen molar-refractivity contribution in [2.24, 2.45) is 0 Å². The number of likely N-dealkylation sites (N-methyl/N-ethyl adjacent to an activating group) is 2. The van der Waals surface area contributed by atoms with Crippen molar-refractivity contribution in [1.82, 2.24) is 9.80 Å². The summed E-state index contributed by atoms with van der Waals surface area (Å²) in [4.78, 5) is 40.8. The maximum atomic E-state index is 12.4. The summed E-state index contributed by atoms with van der Waals surface area (Å²) in [5.41, 5.74) is 3.61. The Morgan fingerprint density at radius 2 is 1.03 bits per heavy atom. The summed E-state index contributed by atoms with van der Waals surface area (Å²) >= 11 is 0. The van der Waals surface area contributed by atoms with Crippen molar-refractivity contribution in [2.75, 3.05) is 19.0 Å². The molecule has 4 rings (SSSR count). The monoisotopic (exact) mass is 411 g/mol. The molecule has 0 radical (unpaired) electrons. The second-order valence-electron chi connectivity index (χ2n) is 7.17. The minimum Gasteiger partial charge on any atom is -0.311 e. The zero-order chi connectivity index (χ0) is 22.0. The highest BCUT2D eigenvalue weighted by atomic mass is 16.2. The van der Waals surface area contributed by atoms with Gasteiger partial charge in [0.05, 0.1) is 0 Å². The lowest BCUT2D eigenvalue weighted by molar-refractivity contribution is -0.134. The number of hydrogen-bond acceptors (Lipinski definition) is 4. The second-order valence-corrected chi connectivity index (χ2v) is 7.17. The van der Waals surface area contributed by atoms with Gasteiger partial charge >= 0.3 is 6.03 Å². The van der Waals surface area contributed by atoms with Crippen molar-refractivity contribution in [1.29, 1.82) is 0 Å². The first-order chi connectivity index (χ1) is 15.0. The fourth-order valence-electron chi connectivity index (χ4n) is 3.46. The molecule has 0 unspecified atom stereocenters. The Morgan fingerprint density at radius 1 is 0.613 bits per heavy atom. The summed E-state index contributed by atoms with van der Waals surface area (Å²) in [6.07, 6.45) is 1.52. The van der Waals surface area contributed by atoms with Gasteiger partial charge in [0.15, 0.2) is 0 Å². The lowest BCUT2D eigenvalue weighted by Crippen LogP contribution is -2.52. The van der Waals surface area contributed by atoms with Gasteiger partial charge < -0.3 is 4.90 Å². The van der Waals surface area contributed by atoms with E-state index in [1.54, 1.807) is 0 Å². The van der Waals surface area contributed by atoms with Crippen molar-refractivity contribution in [3.05, 3.63) is 96.1 Å². The van der Waals surface area contributed by atoms with E-state index in [2.05, 4.69) is 4.90 Å². The molecule has 6 heteroatoms. The van der Waals surface area contributed by atoms with E-state index in [1.165, 1.54) is 20.2 Å². The van der Waals surface area contributed by atoms with Crippen molar-refractivity contribution in [2.45, 2.75) is 0 Å². The summed E-state index contributed by atoms with van der Waals surface area (Å²) in [7, 11) is 2.73. The molecule has 0 bridgehead atoms. The number of amides is 4. The average Bonchev–Trinajstić information content (AvgIpc) is 2.82. The first kappa shape index (κ1) is 20.1. The molecular weight excluding hydrogens is 390 g/mol. The SMILES string of the molecule is CN1C(=O)C(=Cc2ccc(N(c3ccccc3)c3ccccc3)cc2)C(=O)N(C)C1=O. The van der Waals surface area contributed by atoms with Crippen LogP contribution in [0, 0.1) is 0 Å². The van der Waals surface area contributed by atoms with E-state index in [0.717, 1.165) is 26.9 Å². The van der Waals surface area contributed by atoms with Gasteiger partial charge in [-0.15, -0.1) is 0 Å². The molecule has 3 aromatic rings. The number of urea groups is 1. The number of imide groups is 2. The Morgan fingerprint density at radius 3 is 1.48 bits per heavy atom. The molecule has 1 aliphatic heterocycles. The summed E-state index contributed by atoms with van der Waals surface area (Å²) in [6, 6.07) is 26.9. The van der Waals surface area contributed by atoms with Crippen LogP contribution in [0.2, 0.25) is 0 Å². The fraction of sp³-hybridized carbons (Fsp3) is 0.0800. The van der Waals surface area contributed by atoms with Gasteiger partial charge in [-0.1, -0.05) is 48.5 Å². The third kappa shape index (κ3) is 3.83. The van der Waals surface area contributed by atoms with Gasteiger partial charge in [0, 0.05) is 31.2 Å². The van der Waals surface area contributed by atoms with E-state index >= 15 is 0 Å². The minimum absolute atomic E-state index is 0.0414. The van der Waals surface area contributed by atoms with Crippen LogP contribution in [0.5, 0.6) is 0 Å². The summed E-state index contributed by atoms with van der Waals surface area (Å²) in [5, 5.41) is 0. The molecule has 154 valence electrons. The van der Waals surface area contributed by atoms with Crippen molar-refractivity contribution >= 4 is 41.0 Å². The molecule has 1 aliphatic rings. The van der Waals surface area contributed by atoms with Crippen molar-refractivity contribution in [3.63, 3.8) is 0 Å². The van der Waals surface area contributed by atoms with Crippen LogP contribution >= 0.6 is 0 Å². The lowest BCUT2D eigenvalue weighted by Gasteiger charge is -2.29. The maximum Gasteiger partial charge on any atom is 0.333 e. The highest BCUT2D eigenvalue weighted by molar-refractivity contribution is 6.30. The third-order valence-corrected chi connectivity index (χ3v) is 5.14. The first-order valence-corrected chi connectivity index (χ1v) is 9.79. The van der Waals surface area contributed by atoms with E-state index in [4.69, 9.17) is 0 Å². The van der Waals surface area contributed by atoms with Crippen LogP contribution in [0.1, 0.15) is 5.56 Å². The molecule has 0 spiro atoms. The molecule has 31 heavy (non-hydrogen) atoms. The molecule has 0 N–H and O–H groups in total. The summed E-state index contributed by atoms with van der Waals surface area (Å²) in [6.45, 7) is 0. The third-order valence-electron chi connectivity index (χ3n) is 5.14. The van der Waals surface area contributed by atoms with E-state index < -0.39 is 17.8 Å². The van der Waals surface area contributed by atoms with Crippen LogP contribution < -0.4 is 4.90 Å². The van der Waals surface area contributed by atoms with Crippen LogP contribution in [0.15, 0.2) is 90.5 Å². The Labute approximate surface area is 180 Å². The first-order valence-electron chi connectivity index (χ1n) is 9.79. The zero-order valence-corrected chi connectivity index (χ0v) is 17.2. The molecule has 4 amide bonds.